The van der Waals surface area contributed by atoms with Gasteiger partial charge in [-0.3, -0.25) is 19.4 Å². The molecule has 1 saturated heterocycles. The van der Waals surface area contributed by atoms with Crippen molar-refractivity contribution < 1.29 is 4.39 Å². The van der Waals surface area contributed by atoms with E-state index in [1.54, 1.807) is 40.8 Å². The van der Waals surface area contributed by atoms with E-state index in [4.69, 9.17) is 5.26 Å². The molecule has 1 fully saturated rings. The lowest BCUT2D eigenvalue weighted by Gasteiger charge is -2.49. The molecule has 192 valence electrons. The average Bonchev–Trinajstić information content (AvgIpc) is 3.29. The van der Waals surface area contributed by atoms with Crippen LogP contribution in [0, 0.1) is 11.3 Å². The number of anilines is 1. The SMILES string of the molecule is CC[C@H]1CN(C(C)c2ccc(C(C)(C)F)nc2)[C@H](CC)CN1c1cc(=O)n(C)c2cn(CC#N)nc12. The molecule has 0 amide bonds. The van der Waals surface area contributed by atoms with Gasteiger partial charge in [0, 0.05) is 50.5 Å². The van der Waals surface area contributed by atoms with Gasteiger partial charge in [0.2, 0.25) is 0 Å². The van der Waals surface area contributed by atoms with E-state index in [1.165, 1.54) is 13.8 Å². The predicted octanol–water partition coefficient (Wildman–Crippen LogP) is 4.30. The van der Waals surface area contributed by atoms with E-state index < -0.39 is 5.67 Å². The first kappa shape index (κ1) is 25.8. The number of hydrogen-bond donors (Lipinski definition) is 0. The molecule has 3 atom stereocenters. The smallest absolute Gasteiger partial charge is 0.252 e. The van der Waals surface area contributed by atoms with Crippen molar-refractivity contribution in [2.75, 3.05) is 18.0 Å². The standard InChI is InChI=1S/C27H36FN7O/c1-7-20-16-35(22-13-25(36)32(6)23-17-33(12-11-29)31-26(22)23)21(8-2)15-34(20)18(3)19-9-10-24(30-14-19)27(4,5)28/h9-10,13-14,17-18,20-21H,7-8,12,15-16H2,1-6H3/t18?,20-,21+/m1/s1. The number of halogens is 1. The minimum Gasteiger partial charge on any atom is -0.364 e. The van der Waals surface area contributed by atoms with Gasteiger partial charge >= 0.3 is 0 Å². The van der Waals surface area contributed by atoms with Gasteiger partial charge < -0.3 is 9.47 Å². The highest BCUT2D eigenvalue weighted by molar-refractivity contribution is 5.88. The van der Waals surface area contributed by atoms with E-state index in [1.807, 2.05) is 6.07 Å². The second-order valence-corrected chi connectivity index (χ2v) is 10.2. The Kier molecular flexibility index (Phi) is 7.19. The highest BCUT2D eigenvalue weighted by atomic mass is 19.1. The van der Waals surface area contributed by atoms with E-state index in [9.17, 15) is 9.18 Å². The topological polar surface area (TPSA) is 83.0 Å². The summed E-state index contributed by atoms with van der Waals surface area (Å²) in [5.74, 6) is 0. The predicted molar refractivity (Wildman–Crippen MR) is 140 cm³/mol. The Hall–Kier alpha value is -3.25. The maximum absolute atomic E-state index is 14.3. The van der Waals surface area contributed by atoms with Crippen LogP contribution < -0.4 is 10.5 Å². The first-order chi connectivity index (χ1) is 17.1. The molecule has 9 heteroatoms. The van der Waals surface area contributed by atoms with Gasteiger partial charge in [-0.15, -0.1) is 0 Å². The fourth-order valence-corrected chi connectivity index (χ4v) is 5.26. The number of aromatic nitrogens is 4. The lowest BCUT2D eigenvalue weighted by atomic mass is 9.96. The van der Waals surface area contributed by atoms with Crippen LogP contribution in [-0.2, 0) is 19.3 Å². The van der Waals surface area contributed by atoms with Crippen LogP contribution in [0.5, 0.6) is 0 Å². The van der Waals surface area contributed by atoms with Crippen molar-refractivity contribution in [3.8, 4) is 6.07 Å². The second-order valence-electron chi connectivity index (χ2n) is 10.2. The Morgan fingerprint density at radius 2 is 1.94 bits per heavy atom. The minimum atomic E-state index is -1.47. The zero-order valence-electron chi connectivity index (χ0n) is 22.1. The van der Waals surface area contributed by atoms with E-state index in [0.29, 0.717) is 5.69 Å². The molecule has 0 spiro atoms. The summed E-state index contributed by atoms with van der Waals surface area (Å²) in [6, 6.07) is 8.14. The van der Waals surface area contributed by atoms with Crippen LogP contribution >= 0.6 is 0 Å². The monoisotopic (exact) mass is 493 g/mol. The Balaban J connectivity index is 1.68. The van der Waals surface area contributed by atoms with Crippen LogP contribution in [0.15, 0.2) is 35.4 Å². The van der Waals surface area contributed by atoms with Crippen molar-refractivity contribution in [1.82, 2.24) is 24.2 Å². The first-order valence-corrected chi connectivity index (χ1v) is 12.7. The van der Waals surface area contributed by atoms with E-state index >= 15 is 0 Å². The summed E-state index contributed by atoms with van der Waals surface area (Å²) in [7, 11) is 1.74. The zero-order chi connectivity index (χ0) is 26.2. The largest absolute Gasteiger partial charge is 0.364 e. The van der Waals surface area contributed by atoms with Gasteiger partial charge in [-0.25, -0.2) is 4.39 Å². The molecule has 4 rings (SSSR count). The van der Waals surface area contributed by atoms with Gasteiger partial charge in [0.05, 0.1) is 29.2 Å². The molecule has 0 aromatic carbocycles. The van der Waals surface area contributed by atoms with Crippen molar-refractivity contribution in [2.24, 2.45) is 7.05 Å². The summed E-state index contributed by atoms with van der Waals surface area (Å²) in [5, 5.41) is 13.8. The Morgan fingerprint density at radius 3 is 2.53 bits per heavy atom. The third-order valence-electron chi connectivity index (χ3n) is 7.54. The minimum absolute atomic E-state index is 0.0883. The maximum Gasteiger partial charge on any atom is 0.252 e. The number of aryl methyl sites for hydroxylation is 1. The number of fused-ring (bicyclic) bond motifs is 1. The quantitative estimate of drug-likeness (QED) is 0.488. The third kappa shape index (κ3) is 4.74. The lowest BCUT2D eigenvalue weighted by Crippen LogP contribution is -2.58. The molecule has 36 heavy (non-hydrogen) atoms. The van der Waals surface area contributed by atoms with Crippen LogP contribution in [0.2, 0.25) is 0 Å². The molecular formula is C27H36FN7O. The first-order valence-electron chi connectivity index (χ1n) is 12.7. The number of alkyl halides is 1. The summed E-state index contributed by atoms with van der Waals surface area (Å²) in [5.41, 5.74) is 2.26. The molecular weight excluding hydrogens is 457 g/mol. The molecule has 0 radical (unpaired) electrons. The molecule has 1 aliphatic rings. The molecule has 0 bridgehead atoms. The lowest BCUT2D eigenvalue weighted by molar-refractivity contribution is 0.101. The van der Waals surface area contributed by atoms with Crippen LogP contribution in [0.1, 0.15) is 64.8 Å². The second kappa shape index (κ2) is 10.0. The highest BCUT2D eigenvalue weighted by Gasteiger charge is 2.36. The Labute approximate surface area is 211 Å². The number of nitriles is 1. The van der Waals surface area contributed by atoms with E-state index in [2.05, 4.69) is 46.7 Å². The third-order valence-corrected chi connectivity index (χ3v) is 7.54. The summed E-state index contributed by atoms with van der Waals surface area (Å²) in [4.78, 5) is 22.1. The molecule has 0 aliphatic carbocycles. The Bertz CT molecular complexity index is 1320. The van der Waals surface area contributed by atoms with Crippen LogP contribution in [0.3, 0.4) is 0 Å². The molecule has 1 aliphatic heterocycles. The van der Waals surface area contributed by atoms with Gasteiger partial charge in [0.15, 0.2) is 0 Å². The van der Waals surface area contributed by atoms with Gasteiger partial charge in [0.25, 0.3) is 5.56 Å². The summed E-state index contributed by atoms with van der Waals surface area (Å²) in [6.07, 6.45) is 5.42. The van der Waals surface area contributed by atoms with Crippen molar-refractivity contribution in [1.29, 1.82) is 5.26 Å². The molecule has 3 aromatic rings. The van der Waals surface area contributed by atoms with Gasteiger partial charge in [-0.2, -0.15) is 10.4 Å². The molecule has 3 aromatic heterocycles. The van der Waals surface area contributed by atoms with Crippen molar-refractivity contribution in [3.05, 3.63) is 52.2 Å². The fourth-order valence-electron chi connectivity index (χ4n) is 5.26. The average molecular weight is 494 g/mol. The van der Waals surface area contributed by atoms with Crippen LogP contribution in [0.25, 0.3) is 11.0 Å². The Morgan fingerprint density at radius 1 is 1.22 bits per heavy atom. The van der Waals surface area contributed by atoms with Gasteiger partial charge in [0.1, 0.15) is 17.7 Å². The van der Waals surface area contributed by atoms with Crippen LogP contribution in [-0.4, -0.2) is 49.4 Å². The number of hydrogen-bond acceptors (Lipinski definition) is 6. The molecule has 0 saturated carbocycles. The molecule has 0 N–H and O–H groups in total. The van der Waals surface area contributed by atoms with Gasteiger partial charge in [-0.05, 0) is 45.2 Å². The summed E-state index contributed by atoms with van der Waals surface area (Å²) in [6.45, 7) is 11.3. The molecule has 1 unspecified atom stereocenters. The summed E-state index contributed by atoms with van der Waals surface area (Å²) >= 11 is 0. The van der Waals surface area contributed by atoms with E-state index in [0.717, 1.165) is 48.2 Å². The maximum atomic E-state index is 14.3. The number of pyridine rings is 2. The van der Waals surface area contributed by atoms with Crippen molar-refractivity contribution in [2.45, 2.75) is 77.8 Å². The van der Waals surface area contributed by atoms with Crippen LogP contribution in [0.4, 0.5) is 10.1 Å². The van der Waals surface area contributed by atoms with Crippen molar-refractivity contribution in [3.63, 3.8) is 0 Å². The number of piperazine rings is 1. The van der Waals surface area contributed by atoms with Crippen molar-refractivity contribution >= 4 is 16.7 Å². The number of nitrogens with zero attached hydrogens (tertiary/aromatic N) is 7. The molecule has 4 heterocycles. The van der Waals surface area contributed by atoms with E-state index in [-0.39, 0.29) is 30.2 Å². The number of rotatable bonds is 7. The fraction of sp³-hybridized carbons (Fsp3) is 0.556. The normalized spacial score (nSPS) is 20.0. The molecule has 8 nitrogen and oxygen atoms in total. The zero-order valence-corrected chi connectivity index (χ0v) is 22.1. The summed E-state index contributed by atoms with van der Waals surface area (Å²) < 4.78 is 17.5. The van der Waals surface area contributed by atoms with Gasteiger partial charge in [-0.1, -0.05) is 19.9 Å². The highest BCUT2D eigenvalue weighted by Crippen LogP contribution is 2.34.